The van der Waals surface area contributed by atoms with Crippen LogP contribution in [0.1, 0.15) is 21.8 Å². The third-order valence-corrected chi connectivity index (χ3v) is 3.96. The largest absolute Gasteiger partial charge is 0.459 e. The van der Waals surface area contributed by atoms with Crippen LogP contribution in [-0.2, 0) is 10.8 Å². The average Bonchev–Trinajstić information content (AvgIpc) is 2.97. The van der Waals surface area contributed by atoms with E-state index in [1.54, 1.807) is 25.1 Å². The van der Waals surface area contributed by atoms with Crippen LogP contribution in [0.15, 0.2) is 28.7 Å². The van der Waals surface area contributed by atoms with Gasteiger partial charge in [-0.3, -0.25) is 0 Å². The average molecular weight is 365 g/mol. The summed E-state index contributed by atoms with van der Waals surface area (Å²) in [4.78, 5) is 8.06. The number of anilines is 1. The van der Waals surface area contributed by atoms with E-state index in [9.17, 15) is 22.0 Å². The van der Waals surface area contributed by atoms with Gasteiger partial charge in [-0.2, -0.15) is 22.0 Å². The maximum absolute atomic E-state index is 13.4. The Bertz CT molecular complexity index is 770. The number of hydrogen-bond acceptors (Lipinski definition) is 5. The zero-order chi connectivity index (χ0) is 18.1. The molecule has 2 rings (SSSR count). The van der Waals surface area contributed by atoms with Gasteiger partial charge in [-0.1, -0.05) is 11.2 Å². The molecule has 0 fully saturated rings. The lowest BCUT2D eigenvalue weighted by atomic mass is 10.1. The van der Waals surface area contributed by atoms with Crippen molar-refractivity contribution in [3.63, 3.8) is 0 Å². The summed E-state index contributed by atoms with van der Waals surface area (Å²) < 4.78 is 64.1. The number of aromatic nitrogens is 1. The zero-order valence-electron chi connectivity index (χ0n) is 12.5. The third kappa shape index (κ3) is 3.32. The van der Waals surface area contributed by atoms with Crippen LogP contribution < -0.4 is 5.73 Å². The zero-order valence-corrected chi connectivity index (χ0v) is 13.3. The fourth-order valence-corrected chi connectivity index (χ4v) is 2.64. The van der Waals surface area contributed by atoms with Crippen LogP contribution in [-0.4, -0.2) is 24.0 Å². The van der Waals surface area contributed by atoms with Crippen LogP contribution in [0, 0.1) is 6.92 Å². The van der Waals surface area contributed by atoms with Crippen molar-refractivity contribution in [2.45, 2.75) is 19.0 Å². The van der Waals surface area contributed by atoms with E-state index in [4.69, 9.17) is 5.73 Å². The Morgan fingerprint density at radius 1 is 1.25 bits per heavy atom. The first-order valence-electron chi connectivity index (χ1n) is 6.46. The smallest absolute Gasteiger partial charge is 0.399 e. The minimum atomic E-state index is -5.73. The maximum atomic E-state index is 13.4. The molecule has 0 amide bonds. The van der Waals surface area contributed by atoms with Crippen LogP contribution in [0.4, 0.5) is 27.6 Å². The molecule has 0 radical (unpaired) electrons. The Kier molecular flexibility index (Phi) is 4.79. The van der Waals surface area contributed by atoms with Crippen LogP contribution in [0.2, 0.25) is 0 Å². The molecule has 0 aliphatic rings. The molecule has 2 N–H and O–H groups in total. The highest BCUT2D eigenvalue weighted by atomic mass is 32.1. The molecule has 0 spiro atoms. The van der Waals surface area contributed by atoms with E-state index >= 15 is 0 Å². The van der Waals surface area contributed by atoms with Crippen LogP contribution in [0.5, 0.6) is 0 Å². The number of alkyl halides is 5. The van der Waals surface area contributed by atoms with Crippen molar-refractivity contribution < 1.29 is 26.8 Å². The minimum absolute atomic E-state index is 0.0369. The standard InChI is InChI=1S/C14H12F5N3OS/c1-7-5-8(3-4-9(7)20)11(22-23-2)12-21-10(6-24-12)13(15,16)14(17,18)19/h3-6H,20H2,1-2H3. The summed E-state index contributed by atoms with van der Waals surface area (Å²) in [6.45, 7) is 1.72. The Morgan fingerprint density at radius 3 is 2.46 bits per heavy atom. The van der Waals surface area contributed by atoms with E-state index in [2.05, 4.69) is 15.0 Å². The fraction of sp³-hybridized carbons (Fsp3) is 0.286. The molecule has 4 nitrogen and oxygen atoms in total. The van der Waals surface area contributed by atoms with E-state index in [0.29, 0.717) is 33.5 Å². The topological polar surface area (TPSA) is 60.5 Å². The molecule has 2 aromatic rings. The normalized spacial score (nSPS) is 13.2. The van der Waals surface area contributed by atoms with Crippen molar-refractivity contribution in [1.82, 2.24) is 4.98 Å². The molecule has 1 aromatic carbocycles. The highest BCUT2D eigenvalue weighted by Gasteiger charge is 2.60. The molecule has 0 bridgehead atoms. The van der Waals surface area contributed by atoms with Gasteiger partial charge in [0.15, 0.2) is 0 Å². The van der Waals surface area contributed by atoms with Crippen molar-refractivity contribution in [2.24, 2.45) is 5.16 Å². The van der Waals surface area contributed by atoms with Gasteiger partial charge in [-0.25, -0.2) is 4.98 Å². The van der Waals surface area contributed by atoms with Gasteiger partial charge in [0.1, 0.15) is 23.5 Å². The van der Waals surface area contributed by atoms with Gasteiger partial charge in [0.25, 0.3) is 0 Å². The van der Waals surface area contributed by atoms with Crippen molar-refractivity contribution >= 4 is 22.7 Å². The summed E-state index contributed by atoms with van der Waals surface area (Å²) in [5, 5.41) is 4.22. The second kappa shape index (κ2) is 6.34. The number of nitrogens with two attached hydrogens (primary N) is 1. The molecular formula is C14H12F5N3OS. The van der Waals surface area contributed by atoms with Gasteiger partial charge < -0.3 is 10.6 Å². The van der Waals surface area contributed by atoms with E-state index in [1.165, 1.54) is 7.11 Å². The molecule has 0 saturated heterocycles. The molecule has 0 aliphatic heterocycles. The predicted octanol–water partition coefficient (Wildman–Crippen LogP) is 4.09. The number of thiazole rings is 1. The number of nitrogens with zero attached hydrogens (tertiary/aromatic N) is 2. The Morgan fingerprint density at radius 2 is 1.92 bits per heavy atom. The molecule has 24 heavy (non-hydrogen) atoms. The van der Waals surface area contributed by atoms with E-state index in [-0.39, 0.29) is 10.7 Å². The third-order valence-electron chi connectivity index (χ3n) is 3.11. The second-order valence-corrected chi connectivity index (χ2v) is 5.66. The van der Waals surface area contributed by atoms with Crippen LogP contribution in [0.3, 0.4) is 0 Å². The molecule has 1 aromatic heterocycles. The fourth-order valence-electron chi connectivity index (χ4n) is 1.80. The summed E-state index contributed by atoms with van der Waals surface area (Å²) in [5.41, 5.74) is 5.97. The SMILES string of the molecule is CON=C(c1ccc(N)c(C)c1)c1nc(C(F)(F)C(F)(F)F)cs1. The van der Waals surface area contributed by atoms with E-state index in [1.807, 2.05) is 0 Å². The summed E-state index contributed by atoms with van der Waals surface area (Å²) in [7, 11) is 1.23. The summed E-state index contributed by atoms with van der Waals surface area (Å²) in [5.74, 6) is -5.04. The Balaban J connectivity index is 2.48. The molecule has 1 heterocycles. The number of halogens is 5. The first-order valence-corrected chi connectivity index (χ1v) is 7.34. The van der Waals surface area contributed by atoms with E-state index < -0.39 is 17.8 Å². The van der Waals surface area contributed by atoms with Crippen LogP contribution >= 0.6 is 11.3 Å². The van der Waals surface area contributed by atoms with E-state index in [0.717, 1.165) is 0 Å². The number of rotatable bonds is 4. The van der Waals surface area contributed by atoms with Crippen LogP contribution in [0.25, 0.3) is 0 Å². The lowest BCUT2D eigenvalue weighted by Gasteiger charge is -2.16. The highest BCUT2D eigenvalue weighted by molar-refractivity contribution is 7.12. The van der Waals surface area contributed by atoms with Gasteiger partial charge in [0.2, 0.25) is 0 Å². The molecule has 10 heteroatoms. The number of aryl methyl sites for hydroxylation is 1. The van der Waals surface area contributed by atoms with Crippen molar-refractivity contribution in [3.05, 3.63) is 45.4 Å². The maximum Gasteiger partial charge on any atom is 0.459 e. The molecule has 0 saturated carbocycles. The number of nitrogen functional groups attached to an aromatic ring is 1. The Labute approximate surface area is 137 Å². The molecule has 130 valence electrons. The predicted molar refractivity (Wildman–Crippen MR) is 80.3 cm³/mol. The molecular weight excluding hydrogens is 353 g/mol. The minimum Gasteiger partial charge on any atom is -0.399 e. The van der Waals surface area contributed by atoms with Gasteiger partial charge in [0.05, 0.1) is 0 Å². The highest BCUT2D eigenvalue weighted by Crippen LogP contribution is 2.44. The summed E-state index contributed by atoms with van der Waals surface area (Å²) >= 11 is 0.612. The molecule has 0 aliphatic carbocycles. The van der Waals surface area contributed by atoms with Crippen molar-refractivity contribution in [2.75, 3.05) is 12.8 Å². The summed E-state index contributed by atoms with van der Waals surface area (Å²) in [6.07, 6.45) is -5.73. The number of hydrogen-bond donors (Lipinski definition) is 1. The van der Waals surface area contributed by atoms with Gasteiger partial charge >= 0.3 is 12.1 Å². The lowest BCUT2D eigenvalue weighted by Crippen LogP contribution is -2.34. The van der Waals surface area contributed by atoms with Crippen molar-refractivity contribution in [3.8, 4) is 0 Å². The first-order chi connectivity index (χ1) is 11.1. The number of benzene rings is 1. The summed E-state index contributed by atoms with van der Waals surface area (Å²) in [6, 6.07) is 4.72. The van der Waals surface area contributed by atoms with Crippen molar-refractivity contribution in [1.29, 1.82) is 0 Å². The van der Waals surface area contributed by atoms with Gasteiger partial charge in [-0.15, -0.1) is 11.3 Å². The quantitative estimate of drug-likeness (QED) is 0.384. The Hall–Kier alpha value is -2.23. The van der Waals surface area contributed by atoms with Gasteiger partial charge in [0, 0.05) is 16.6 Å². The lowest BCUT2D eigenvalue weighted by molar-refractivity contribution is -0.290. The second-order valence-electron chi connectivity index (χ2n) is 4.80. The first kappa shape index (κ1) is 18.1. The van der Waals surface area contributed by atoms with Gasteiger partial charge in [-0.05, 0) is 24.6 Å². The molecule has 0 unspecified atom stereocenters. The number of oxime groups is 1. The monoisotopic (exact) mass is 365 g/mol. The molecule has 0 atom stereocenters.